The summed E-state index contributed by atoms with van der Waals surface area (Å²) < 4.78 is 0. The molecule has 112 valence electrons. The molecule has 0 fully saturated rings. The van der Waals surface area contributed by atoms with E-state index in [1.807, 2.05) is 12.1 Å². The lowest BCUT2D eigenvalue weighted by Gasteiger charge is -2.07. The molecule has 0 unspecified atom stereocenters. The van der Waals surface area contributed by atoms with Crippen molar-refractivity contribution in [2.75, 3.05) is 5.32 Å². The maximum atomic E-state index is 11.2. The first kappa shape index (κ1) is 13.8. The maximum Gasteiger partial charge on any atom is 0.323 e. The van der Waals surface area contributed by atoms with Gasteiger partial charge in [0.15, 0.2) is 0 Å². The van der Waals surface area contributed by atoms with Gasteiger partial charge in [-0.05, 0) is 30.7 Å². The standard InChI is InChI=1S/C14H13N5O3/c1-8-4-5-15-13(12(8)19(21)22)16-7-9-2-3-10-11(6-9)18-14(20)17-10/h2-6H,7H2,1H3,(H,15,16)(H2,17,18,20). The Balaban J connectivity index is 1.86. The molecule has 0 bridgehead atoms. The van der Waals surface area contributed by atoms with Gasteiger partial charge in [-0.3, -0.25) is 10.1 Å². The number of H-pyrrole nitrogens is 2. The van der Waals surface area contributed by atoms with E-state index in [-0.39, 0.29) is 17.2 Å². The molecule has 1 aromatic carbocycles. The Hall–Kier alpha value is -3.16. The van der Waals surface area contributed by atoms with Gasteiger partial charge in [-0.25, -0.2) is 9.78 Å². The van der Waals surface area contributed by atoms with Crippen molar-refractivity contribution in [2.45, 2.75) is 13.5 Å². The summed E-state index contributed by atoms with van der Waals surface area (Å²) in [6.07, 6.45) is 1.53. The number of nitro groups is 1. The van der Waals surface area contributed by atoms with Gasteiger partial charge in [0.05, 0.1) is 16.0 Å². The molecule has 0 aliphatic heterocycles. The summed E-state index contributed by atoms with van der Waals surface area (Å²) in [7, 11) is 0. The van der Waals surface area contributed by atoms with Gasteiger partial charge in [-0.2, -0.15) is 0 Å². The Morgan fingerprint density at radius 1 is 1.27 bits per heavy atom. The monoisotopic (exact) mass is 299 g/mol. The third kappa shape index (κ3) is 2.53. The zero-order valence-electron chi connectivity index (χ0n) is 11.7. The highest BCUT2D eigenvalue weighted by Crippen LogP contribution is 2.25. The van der Waals surface area contributed by atoms with Crippen LogP contribution in [0.3, 0.4) is 0 Å². The SMILES string of the molecule is Cc1ccnc(NCc2ccc3[nH]c(=O)[nH]c3c2)c1[N+](=O)[O-]. The van der Waals surface area contributed by atoms with Crippen molar-refractivity contribution < 1.29 is 4.92 Å². The normalized spacial score (nSPS) is 10.8. The molecule has 0 radical (unpaired) electrons. The van der Waals surface area contributed by atoms with E-state index in [9.17, 15) is 14.9 Å². The van der Waals surface area contributed by atoms with Crippen molar-refractivity contribution >= 4 is 22.5 Å². The number of anilines is 1. The van der Waals surface area contributed by atoms with Crippen LogP contribution in [-0.2, 0) is 6.54 Å². The number of aromatic nitrogens is 3. The van der Waals surface area contributed by atoms with Crippen molar-refractivity contribution in [3.63, 3.8) is 0 Å². The molecule has 8 heteroatoms. The van der Waals surface area contributed by atoms with Gasteiger partial charge in [-0.15, -0.1) is 0 Å². The number of nitrogens with zero attached hydrogens (tertiary/aromatic N) is 2. The number of rotatable bonds is 4. The van der Waals surface area contributed by atoms with Crippen molar-refractivity contribution in [1.82, 2.24) is 15.0 Å². The lowest BCUT2D eigenvalue weighted by atomic mass is 10.2. The van der Waals surface area contributed by atoms with E-state index in [0.29, 0.717) is 23.1 Å². The van der Waals surface area contributed by atoms with Crippen LogP contribution in [0, 0.1) is 17.0 Å². The molecule has 0 aliphatic rings. The molecule has 8 nitrogen and oxygen atoms in total. The zero-order valence-corrected chi connectivity index (χ0v) is 11.7. The molecule has 0 amide bonds. The number of aromatic amines is 2. The van der Waals surface area contributed by atoms with Crippen LogP contribution in [0.2, 0.25) is 0 Å². The van der Waals surface area contributed by atoms with E-state index in [0.717, 1.165) is 5.56 Å². The Labute approximate surface area is 124 Å². The molecule has 0 saturated heterocycles. The summed E-state index contributed by atoms with van der Waals surface area (Å²) in [5.41, 5.74) is 2.53. The predicted octanol–water partition coefficient (Wildman–Crippen LogP) is 2.08. The van der Waals surface area contributed by atoms with E-state index in [2.05, 4.69) is 20.3 Å². The molecular weight excluding hydrogens is 286 g/mol. The third-order valence-electron chi connectivity index (χ3n) is 3.35. The summed E-state index contributed by atoms with van der Waals surface area (Å²) >= 11 is 0. The van der Waals surface area contributed by atoms with Crippen molar-refractivity contribution in [3.05, 3.63) is 62.2 Å². The van der Waals surface area contributed by atoms with Gasteiger partial charge < -0.3 is 15.3 Å². The Morgan fingerprint density at radius 2 is 2.05 bits per heavy atom. The van der Waals surface area contributed by atoms with Crippen LogP contribution in [0.25, 0.3) is 11.0 Å². The van der Waals surface area contributed by atoms with E-state index in [4.69, 9.17) is 0 Å². The molecule has 0 saturated carbocycles. The second kappa shape index (κ2) is 5.32. The van der Waals surface area contributed by atoms with Gasteiger partial charge in [-0.1, -0.05) is 6.07 Å². The van der Waals surface area contributed by atoms with Gasteiger partial charge in [0.1, 0.15) is 0 Å². The number of pyridine rings is 1. The summed E-state index contributed by atoms with van der Waals surface area (Å²) in [4.78, 5) is 31.2. The molecule has 2 aromatic heterocycles. The van der Waals surface area contributed by atoms with Crippen LogP contribution in [-0.4, -0.2) is 19.9 Å². The molecule has 0 spiro atoms. The summed E-state index contributed by atoms with van der Waals surface area (Å²) in [6.45, 7) is 2.03. The third-order valence-corrected chi connectivity index (χ3v) is 3.35. The number of nitrogens with one attached hydrogen (secondary N) is 3. The molecule has 3 N–H and O–H groups in total. The van der Waals surface area contributed by atoms with Crippen LogP contribution in [0.1, 0.15) is 11.1 Å². The average Bonchev–Trinajstić information content (AvgIpc) is 2.83. The van der Waals surface area contributed by atoms with Gasteiger partial charge in [0.2, 0.25) is 5.82 Å². The first-order valence-electron chi connectivity index (χ1n) is 6.59. The van der Waals surface area contributed by atoms with Crippen LogP contribution in [0.5, 0.6) is 0 Å². The number of hydrogen-bond acceptors (Lipinski definition) is 5. The highest BCUT2D eigenvalue weighted by Gasteiger charge is 2.18. The fraction of sp³-hybridized carbons (Fsp3) is 0.143. The lowest BCUT2D eigenvalue weighted by molar-refractivity contribution is -0.384. The van der Waals surface area contributed by atoms with Crippen LogP contribution in [0.4, 0.5) is 11.5 Å². The Bertz CT molecular complexity index is 912. The van der Waals surface area contributed by atoms with Gasteiger partial charge in [0.25, 0.3) is 0 Å². The molecule has 3 aromatic rings. The minimum absolute atomic E-state index is 0.0290. The molecular formula is C14H13N5O3. The zero-order chi connectivity index (χ0) is 15.7. The van der Waals surface area contributed by atoms with Gasteiger partial charge in [0, 0.05) is 18.3 Å². The first-order valence-corrected chi connectivity index (χ1v) is 6.59. The summed E-state index contributed by atoms with van der Waals surface area (Å²) in [6, 6.07) is 7.02. The minimum Gasteiger partial charge on any atom is -0.360 e. The molecule has 0 atom stereocenters. The number of fused-ring (bicyclic) bond motifs is 1. The van der Waals surface area contributed by atoms with Gasteiger partial charge >= 0.3 is 11.4 Å². The van der Waals surface area contributed by atoms with Crippen molar-refractivity contribution in [1.29, 1.82) is 0 Å². The van der Waals surface area contributed by atoms with Crippen LogP contribution in [0.15, 0.2) is 35.3 Å². The van der Waals surface area contributed by atoms with Crippen molar-refractivity contribution in [2.24, 2.45) is 0 Å². The highest BCUT2D eigenvalue weighted by molar-refractivity contribution is 5.75. The number of aryl methyl sites for hydroxylation is 1. The fourth-order valence-corrected chi connectivity index (χ4v) is 2.29. The molecule has 0 aliphatic carbocycles. The van der Waals surface area contributed by atoms with E-state index < -0.39 is 4.92 Å². The fourth-order valence-electron chi connectivity index (χ4n) is 2.29. The quantitative estimate of drug-likeness (QED) is 0.503. The lowest BCUT2D eigenvalue weighted by Crippen LogP contribution is -2.05. The summed E-state index contributed by atoms with van der Waals surface area (Å²) in [5, 5.41) is 14.1. The largest absolute Gasteiger partial charge is 0.360 e. The Morgan fingerprint density at radius 3 is 2.82 bits per heavy atom. The predicted molar refractivity (Wildman–Crippen MR) is 81.9 cm³/mol. The first-order chi connectivity index (χ1) is 10.5. The van der Waals surface area contributed by atoms with Crippen LogP contribution < -0.4 is 11.0 Å². The van der Waals surface area contributed by atoms with Crippen LogP contribution >= 0.6 is 0 Å². The molecule has 22 heavy (non-hydrogen) atoms. The average molecular weight is 299 g/mol. The molecule has 2 heterocycles. The topological polar surface area (TPSA) is 117 Å². The van der Waals surface area contributed by atoms with E-state index in [1.54, 1.807) is 19.1 Å². The second-order valence-corrected chi connectivity index (χ2v) is 4.89. The number of imidazole rings is 1. The van der Waals surface area contributed by atoms with E-state index in [1.165, 1.54) is 6.20 Å². The van der Waals surface area contributed by atoms with Crippen molar-refractivity contribution in [3.8, 4) is 0 Å². The second-order valence-electron chi connectivity index (χ2n) is 4.89. The minimum atomic E-state index is -0.447. The number of benzene rings is 1. The maximum absolute atomic E-state index is 11.2. The Kier molecular flexibility index (Phi) is 3.34. The molecule has 3 rings (SSSR count). The smallest absolute Gasteiger partial charge is 0.323 e. The number of hydrogen-bond donors (Lipinski definition) is 3. The summed E-state index contributed by atoms with van der Waals surface area (Å²) in [5.74, 6) is 0.229. The highest BCUT2D eigenvalue weighted by atomic mass is 16.6. The van der Waals surface area contributed by atoms with E-state index >= 15 is 0 Å².